The highest BCUT2D eigenvalue weighted by Crippen LogP contribution is 1.95. The Labute approximate surface area is 41.9 Å². The number of rotatable bonds is 0. The van der Waals surface area contributed by atoms with Crippen LogP contribution in [0, 0.1) is 17.9 Å². The predicted molar refractivity (Wildman–Crippen MR) is 22.8 cm³/mol. The second-order valence-electron chi connectivity index (χ2n) is 1.22. The van der Waals surface area contributed by atoms with Gasteiger partial charge in [-0.2, -0.15) is 5.26 Å². The van der Waals surface area contributed by atoms with Crippen LogP contribution in [0.25, 0.3) is 0 Å². The monoisotopic (exact) mass is 97.0 g/mol. The first-order valence-electron chi connectivity index (χ1n) is 2.03. The van der Waals surface area contributed by atoms with Gasteiger partial charge >= 0.3 is 0 Å². The van der Waals surface area contributed by atoms with Gasteiger partial charge in [0.2, 0.25) is 0 Å². The fourth-order valence-corrected chi connectivity index (χ4v) is 0.424. The molecule has 0 amide bonds. The number of nitriles is 1. The fraction of sp³-hybridized carbons (Fsp3) is 0.500. The third-order valence-electron chi connectivity index (χ3n) is 0.736. The van der Waals surface area contributed by atoms with E-state index in [4.69, 9.17) is 10.00 Å². The van der Waals surface area contributed by atoms with Gasteiger partial charge in [-0.1, -0.05) is 0 Å². The molecule has 1 rings (SSSR count). The van der Waals surface area contributed by atoms with Crippen LogP contribution in [0.5, 0.6) is 0 Å². The molecule has 1 aliphatic rings. The Hall–Kier alpha value is -0.590. The van der Waals surface area contributed by atoms with Gasteiger partial charge in [0.05, 0.1) is 0 Å². The van der Waals surface area contributed by atoms with Gasteiger partial charge in [0.1, 0.15) is 12.7 Å². The lowest BCUT2D eigenvalue weighted by Gasteiger charge is -1.92. The first-order valence-corrected chi connectivity index (χ1v) is 2.03. The molecule has 0 spiro atoms. The Balaban J connectivity index is 2.31. The van der Waals surface area contributed by atoms with E-state index in [9.17, 15) is 0 Å². The van der Waals surface area contributed by atoms with Crippen molar-refractivity contribution in [3.63, 3.8) is 0 Å². The summed E-state index contributed by atoms with van der Waals surface area (Å²) >= 11 is 0. The maximum absolute atomic E-state index is 8.11. The molecule has 0 aromatic rings. The van der Waals surface area contributed by atoms with Crippen LogP contribution < -0.4 is 5.32 Å². The minimum atomic E-state index is -0.403. The van der Waals surface area contributed by atoms with E-state index in [1.807, 2.05) is 6.07 Å². The SMILES string of the molecule is N#CC1NC[CH]O1. The van der Waals surface area contributed by atoms with Crippen molar-refractivity contribution in [2.75, 3.05) is 6.54 Å². The molecule has 0 aromatic carbocycles. The Morgan fingerprint density at radius 1 is 2.00 bits per heavy atom. The molecular formula is C4H5N2O. The van der Waals surface area contributed by atoms with E-state index in [1.54, 1.807) is 6.61 Å². The van der Waals surface area contributed by atoms with Crippen molar-refractivity contribution in [3.05, 3.63) is 6.61 Å². The summed E-state index contributed by atoms with van der Waals surface area (Å²) in [5.74, 6) is 0. The van der Waals surface area contributed by atoms with E-state index >= 15 is 0 Å². The summed E-state index contributed by atoms with van der Waals surface area (Å²) < 4.78 is 4.70. The molecule has 1 N–H and O–H groups in total. The molecule has 1 aliphatic heterocycles. The van der Waals surface area contributed by atoms with Crippen LogP contribution in [0.3, 0.4) is 0 Å². The number of hydrogen-bond acceptors (Lipinski definition) is 3. The summed E-state index contributed by atoms with van der Waals surface area (Å²) in [5, 5.41) is 10.9. The van der Waals surface area contributed by atoms with E-state index in [0.717, 1.165) is 0 Å². The molecule has 1 unspecified atom stereocenters. The highest BCUT2D eigenvalue weighted by atomic mass is 16.5. The molecule has 37 valence electrons. The molecule has 3 nitrogen and oxygen atoms in total. The van der Waals surface area contributed by atoms with Crippen molar-refractivity contribution in [3.8, 4) is 6.07 Å². The molecule has 0 saturated carbocycles. The third-order valence-corrected chi connectivity index (χ3v) is 0.736. The van der Waals surface area contributed by atoms with E-state index in [0.29, 0.717) is 6.54 Å². The van der Waals surface area contributed by atoms with Crippen LogP contribution in [-0.4, -0.2) is 12.8 Å². The molecular weight excluding hydrogens is 92.1 g/mol. The second kappa shape index (κ2) is 1.92. The van der Waals surface area contributed by atoms with Crippen LogP contribution in [0.1, 0.15) is 0 Å². The first-order chi connectivity index (χ1) is 3.43. The lowest BCUT2D eigenvalue weighted by molar-refractivity contribution is 0.187. The van der Waals surface area contributed by atoms with Crippen molar-refractivity contribution in [2.24, 2.45) is 0 Å². The first kappa shape index (κ1) is 4.57. The molecule has 1 heterocycles. The van der Waals surface area contributed by atoms with Gasteiger partial charge in [-0.15, -0.1) is 0 Å². The molecule has 1 saturated heterocycles. The van der Waals surface area contributed by atoms with Gasteiger partial charge in [0, 0.05) is 6.54 Å². The molecule has 0 aromatic heterocycles. The van der Waals surface area contributed by atoms with Crippen molar-refractivity contribution < 1.29 is 4.74 Å². The summed E-state index contributed by atoms with van der Waals surface area (Å²) in [6.07, 6.45) is -0.403. The zero-order valence-electron chi connectivity index (χ0n) is 3.72. The van der Waals surface area contributed by atoms with E-state index in [-0.39, 0.29) is 0 Å². The largest absolute Gasteiger partial charge is 0.342 e. The third kappa shape index (κ3) is 0.889. The molecule has 1 atom stereocenters. The van der Waals surface area contributed by atoms with Crippen LogP contribution in [-0.2, 0) is 4.74 Å². The van der Waals surface area contributed by atoms with E-state index < -0.39 is 6.23 Å². The number of hydrogen-bond donors (Lipinski definition) is 1. The fourth-order valence-electron chi connectivity index (χ4n) is 0.424. The van der Waals surface area contributed by atoms with Gasteiger partial charge in [-0.25, -0.2) is 0 Å². The molecule has 1 radical (unpaired) electrons. The Bertz CT molecular complexity index is 90.4. The standard InChI is InChI=1S/C4H5N2O/c5-3-4-6-1-2-7-4/h2,4,6H,1H2. The van der Waals surface area contributed by atoms with E-state index in [2.05, 4.69) is 5.32 Å². The predicted octanol–water partition coefficient (Wildman–Crippen LogP) is -0.382. The summed E-state index contributed by atoms with van der Waals surface area (Å²) in [4.78, 5) is 0. The molecule has 3 heteroatoms. The van der Waals surface area contributed by atoms with Gasteiger partial charge in [-0.05, 0) is 0 Å². The molecule has 1 fully saturated rings. The van der Waals surface area contributed by atoms with Gasteiger partial charge in [-0.3, -0.25) is 5.32 Å². The second-order valence-corrected chi connectivity index (χ2v) is 1.22. The molecule has 0 aliphatic carbocycles. The minimum absolute atomic E-state index is 0.403. The van der Waals surface area contributed by atoms with Gasteiger partial charge < -0.3 is 4.74 Å². The Morgan fingerprint density at radius 3 is 3.14 bits per heavy atom. The Morgan fingerprint density at radius 2 is 2.86 bits per heavy atom. The summed E-state index contributed by atoms with van der Waals surface area (Å²) in [6.45, 7) is 2.26. The average Bonchev–Trinajstić information content (AvgIpc) is 2.14. The normalized spacial score (nSPS) is 29.9. The summed E-state index contributed by atoms with van der Waals surface area (Å²) in [5.41, 5.74) is 0. The zero-order valence-corrected chi connectivity index (χ0v) is 3.72. The quantitative estimate of drug-likeness (QED) is 0.448. The number of nitrogens with one attached hydrogen (secondary N) is 1. The van der Waals surface area contributed by atoms with Crippen molar-refractivity contribution >= 4 is 0 Å². The minimum Gasteiger partial charge on any atom is -0.342 e. The average molecular weight is 97.1 g/mol. The van der Waals surface area contributed by atoms with Crippen LogP contribution in [0.15, 0.2) is 0 Å². The van der Waals surface area contributed by atoms with Crippen LogP contribution in [0.4, 0.5) is 0 Å². The van der Waals surface area contributed by atoms with Crippen LogP contribution in [0.2, 0.25) is 0 Å². The Kier molecular flexibility index (Phi) is 1.25. The van der Waals surface area contributed by atoms with E-state index in [1.165, 1.54) is 0 Å². The number of nitrogens with zero attached hydrogens (tertiary/aromatic N) is 1. The maximum Gasteiger partial charge on any atom is 0.197 e. The summed E-state index contributed by atoms with van der Waals surface area (Å²) in [6, 6.07) is 1.90. The summed E-state index contributed by atoms with van der Waals surface area (Å²) in [7, 11) is 0. The van der Waals surface area contributed by atoms with Crippen molar-refractivity contribution in [2.45, 2.75) is 6.23 Å². The maximum atomic E-state index is 8.11. The smallest absolute Gasteiger partial charge is 0.197 e. The van der Waals surface area contributed by atoms with Gasteiger partial charge in [0.15, 0.2) is 6.23 Å². The number of ether oxygens (including phenoxy) is 1. The topological polar surface area (TPSA) is 45.0 Å². The molecule has 0 bridgehead atoms. The lowest BCUT2D eigenvalue weighted by Crippen LogP contribution is -2.19. The lowest BCUT2D eigenvalue weighted by atomic mass is 10.6. The van der Waals surface area contributed by atoms with Crippen LogP contribution >= 0.6 is 0 Å². The molecule has 7 heavy (non-hydrogen) atoms. The highest BCUT2D eigenvalue weighted by molar-refractivity contribution is 4.87. The van der Waals surface area contributed by atoms with Gasteiger partial charge in [0.25, 0.3) is 0 Å². The zero-order chi connectivity index (χ0) is 5.11. The van der Waals surface area contributed by atoms with Crippen molar-refractivity contribution in [1.29, 1.82) is 5.26 Å². The van der Waals surface area contributed by atoms with Crippen molar-refractivity contribution in [1.82, 2.24) is 5.32 Å². The highest BCUT2D eigenvalue weighted by Gasteiger charge is 2.11.